The molecule has 0 heterocycles. The third-order valence-corrected chi connectivity index (χ3v) is 1.51. The summed E-state index contributed by atoms with van der Waals surface area (Å²) in [5.41, 5.74) is 0. The maximum Gasteiger partial charge on any atom is 0.111 e. The van der Waals surface area contributed by atoms with Gasteiger partial charge in [0, 0.05) is 0 Å². The highest BCUT2D eigenvalue weighted by Crippen LogP contribution is 2.03. The second-order valence-corrected chi connectivity index (χ2v) is 2.48. The van der Waals surface area contributed by atoms with Crippen LogP contribution in [0.3, 0.4) is 0 Å². The molecule has 0 spiro atoms. The molecule has 0 aliphatic rings. The molecule has 82 valence electrons. The summed E-state index contributed by atoms with van der Waals surface area (Å²) in [4.78, 5) is 0. The van der Waals surface area contributed by atoms with Crippen molar-refractivity contribution >= 4 is 0 Å². The lowest BCUT2D eigenvalue weighted by Gasteiger charge is -2.24. The van der Waals surface area contributed by atoms with E-state index in [0.29, 0.717) is 0 Å². The van der Waals surface area contributed by atoms with Crippen molar-refractivity contribution in [3.05, 3.63) is 0 Å². The van der Waals surface area contributed by atoms with Crippen LogP contribution in [-0.4, -0.2) is 68.3 Å². The van der Waals surface area contributed by atoms with E-state index in [-0.39, 0.29) is 7.43 Å². The Kier molecular flexibility index (Phi) is 8.43. The Hall–Kier alpha value is -0.240. The predicted octanol–water partition coefficient (Wildman–Crippen LogP) is -2.95. The Morgan fingerprint density at radius 3 is 1.08 bits per heavy atom. The van der Waals surface area contributed by atoms with Crippen LogP contribution in [0.15, 0.2) is 0 Å². The molecule has 0 aromatic heterocycles. The van der Waals surface area contributed by atoms with Gasteiger partial charge in [-0.3, -0.25) is 0 Å². The van der Waals surface area contributed by atoms with E-state index in [1.807, 2.05) is 0 Å². The van der Waals surface area contributed by atoms with Crippen LogP contribution in [0.2, 0.25) is 0 Å². The molecule has 6 heteroatoms. The average molecular weight is 198 g/mol. The molecular formula is C7H18O6. The number of hydrogen-bond donors (Lipinski definition) is 6. The fraction of sp³-hybridized carbons (Fsp3) is 1.00. The Balaban J connectivity index is 0. The zero-order valence-electron chi connectivity index (χ0n) is 6.41. The minimum absolute atomic E-state index is 0. The first-order chi connectivity index (χ1) is 5.54. The molecule has 0 aromatic carbocycles. The summed E-state index contributed by atoms with van der Waals surface area (Å²) in [5, 5.41) is 52.2. The van der Waals surface area contributed by atoms with Crippen molar-refractivity contribution in [2.45, 2.75) is 31.8 Å². The lowest BCUT2D eigenvalue weighted by Crippen LogP contribution is -2.46. The summed E-state index contributed by atoms with van der Waals surface area (Å²) in [6.45, 7) is -1.45. The Labute approximate surface area is 76.7 Å². The van der Waals surface area contributed by atoms with Crippen molar-refractivity contribution in [1.29, 1.82) is 0 Å². The van der Waals surface area contributed by atoms with E-state index in [4.69, 9.17) is 30.6 Å². The largest absolute Gasteiger partial charge is 0.394 e. The van der Waals surface area contributed by atoms with Gasteiger partial charge in [0.25, 0.3) is 0 Å². The van der Waals surface area contributed by atoms with Gasteiger partial charge in [-0.25, -0.2) is 0 Å². The van der Waals surface area contributed by atoms with Crippen molar-refractivity contribution in [2.24, 2.45) is 0 Å². The molecule has 0 aliphatic carbocycles. The van der Waals surface area contributed by atoms with Crippen molar-refractivity contribution in [3.63, 3.8) is 0 Å². The number of hydrogen-bond acceptors (Lipinski definition) is 6. The molecule has 0 radical (unpaired) electrons. The van der Waals surface area contributed by atoms with Gasteiger partial charge in [-0.15, -0.1) is 0 Å². The lowest BCUT2D eigenvalue weighted by atomic mass is 10.0. The molecule has 0 unspecified atom stereocenters. The van der Waals surface area contributed by atoms with E-state index in [0.717, 1.165) is 0 Å². The Bertz CT molecular complexity index is 106. The summed E-state index contributed by atoms with van der Waals surface area (Å²) in [7, 11) is 0. The van der Waals surface area contributed by atoms with E-state index in [9.17, 15) is 0 Å². The topological polar surface area (TPSA) is 121 Å². The zero-order valence-corrected chi connectivity index (χ0v) is 6.41. The molecule has 0 rings (SSSR count). The van der Waals surface area contributed by atoms with Crippen molar-refractivity contribution < 1.29 is 30.6 Å². The number of aliphatic hydroxyl groups excluding tert-OH is 6. The summed E-state index contributed by atoms with van der Waals surface area (Å²) in [5.74, 6) is 0. The smallest absolute Gasteiger partial charge is 0.111 e. The summed E-state index contributed by atoms with van der Waals surface area (Å²) in [6.07, 6.45) is -6.39. The Morgan fingerprint density at radius 1 is 0.692 bits per heavy atom. The van der Waals surface area contributed by atoms with E-state index in [2.05, 4.69) is 0 Å². The number of rotatable bonds is 5. The second-order valence-electron chi connectivity index (χ2n) is 2.48. The minimum Gasteiger partial charge on any atom is -0.394 e. The van der Waals surface area contributed by atoms with E-state index < -0.39 is 37.6 Å². The van der Waals surface area contributed by atoms with E-state index in [1.165, 1.54) is 0 Å². The molecule has 0 aliphatic heterocycles. The summed E-state index contributed by atoms with van der Waals surface area (Å²) >= 11 is 0. The second kappa shape index (κ2) is 7.19. The third kappa shape index (κ3) is 4.51. The van der Waals surface area contributed by atoms with Crippen LogP contribution in [0.4, 0.5) is 0 Å². The predicted molar refractivity (Wildman–Crippen MR) is 44.9 cm³/mol. The molecule has 13 heavy (non-hydrogen) atoms. The van der Waals surface area contributed by atoms with Crippen LogP contribution in [0.1, 0.15) is 7.43 Å². The van der Waals surface area contributed by atoms with E-state index >= 15 is 0 Å². The molecule has 0 bridgehead atoms. The Morgan fingerprint density at radius 2 is 0.923 bits per heavy atom. The molecule has 0 aromatic rings. The normalized spacial score (nSPS) is 19.8. The van der Waals surface area contributed by atoms with Gasteiger partial charge in [-0.05, 0) is 0 Å². The fourth-order valence-electron chi connectivity index (χ4n) is 0.671. The molecule has 0 amide bonds. The first-order valence-corrected chi connectivity index (χ1v) is 3.48. The van der Waals surface area contributed by atoms with Gasteiger partial charge in [-0.2, -0.15) is 0 Å². The van der Waals surface area contributed by atoms with Crippen molar-refractivity contribution in [1.82, 2.24) is 0 Å². The quantitative estimate of drug-likeness (QED) is 0.281. The highest BCUT2D eigenvalue weighted by Gasteiger charge is 2.29. The third-order valence-electron chi connectivity index (χ3n) is 1.51. The summed E-state index contributed by atoms with van der Waals surface area (Å²) < 4.78 is 0. The maximum absolute atomic E-state index is 8.96. The van der Waals surface area contributed by atoms with Crippen molar-refractivity contribution in [2.75, 3.05) is 13.2 Å². The van der Waals surface area contributed by atoms with Gasteiger partial charge in [0.1, 0.15) is 24.4 Å². The number of aliphatic hydroxyl groups is 6. The lowest BCUT2D eigenvalue weighted by molar-refractivity contribution is -0.123. The molecule has 6 nitrogen and oxygen atoms in total. The van der Waals surface area contributed by atoms with Crippen molar-refractivity contribution in [3.8, 4) is 0 Å². The molecule has 6 N–H and O–H groups in total. The van der Waals surface area contributed by atoms with Crippen LogP contribution in [-0.2, 0) is 0 Å². The van der Waals surface area contributed by atoms with Crippen LogP contribution in [0.25, 0.3) is 0 Å². The van der Waals surface area contributed by atoms with Gasteiger partial charge in [0.15, 0.2) is 0 Å². The summed E-state index contributed by atoms with van der Waals surface area (Å²) in [6, 6.07) is 0. The molecule has 0 saturated heterocycles. The first-order valence-electron chi connectivity index (χ1n) is 3.48. The zero-order chi connectivity index (χ0) is 9.72. The molecule has 4 atom stereocenters. The maximum atomic E-state index is 8.96. The molecule has 0 saturated carbocycles. The first kappa shape index (κ1) is 15.2. The van der Waals surface area contributed by atoms with Gasteiger partial charge in [0.05, 0.1) is 13.2 Å². The molecule has 0 fully saturated rings. The monoisotopic (exact) mass is 198 g/mol. The van der Waals surface area contributed by atoms with Gasteiger partial charge in [-0.1, -0.05) is 7.43 Å². The van der Waals surface area contributed by atoms with Gasteiger partial charge < -0.3 is 30.6 Å². The van der Waals surface area contributed by atoms with Crippen LogP contribution in [0.5, 0.6) is 0 Å². The minimum atomic E-state index is -1.67. The van der Waals surface area contributed by atoms with Gasteiger partial charge in [0.2, 0.25) is 0 Å². The standard InChI is InChI=1S/C6H14O6.CH4/c7-1-3(9)5(11)6(12)4(10)2-8;/h3-12H,1-2H2;1H4/t3-,4+,5-,6-;/m1./s1. The average Bonchev–Trinajstić information content (AvgIpc) is 2.12. The highest BCUT2D eigenvalue weighted by molar-refractivity contribution is 4.79. The van der Waals surface area contributed by atoms with Gasteiger partial charge >= 0.3 is 0 Å². The van der Waals surface area contributed by atoms with Crippen LogP contribution < -0.4 is 0 Å². The highest BCUT2D eigenvalue weighted by atomic mass is 16.4. The van der Waals surface area contributed by atoms with Crippen LogP contribution in [0, 0.1) is 0 Å². The molecular weight excluding hydrogens is 180 g/mol. The SMILES string of the molecule is C.OC[C@@H](O)[C@@H](O)[C@H](O)[C@@H](O)CO. The van der Waals surface area contributed by atoms with E-state index in [1.54, 1.807) is 0 Å². The van der Waals surface area contributed by atoms with Crippen LogP contribution >= 0.6 is 0 Å². The fourth-order valence-corrected chi connectivity index (χ4v) is 0.671.